The lowest BCUT2D eigenvalue weighted by Crippen LogP contribution is -2.24. The quantitative estimate of drug-likeness (QED) is 0.358. The van der Waals surface area contributed by atoms with Crippen molar-refractivity contribution in [2.45, 2.75) is 27.7 Å². The Balaban J connectivity index is 2.81. The third-order valence-corrected chi connectivity index (χ3v) is 4.43. The van der Waals surface area contributed by atoms with Crippen molar-refractivity contribution >= 4 is 40.0 Å². The Bertz CT molecular complexity index is 961. The highest BCUT2D eigenvalue weighted by molar-refractivity contribution is 6.31. The second kappa shape index (κ2) is 8.93. The molecule has 28 heavy (non-hydrogen) atoms. The largest absolute Gasteiger partial charge is 0.422 e. The predicted octanol–water partition coefficient (Wildman–Crippen LogP) is 5.30. The summed E-state index contributed by atoms with van der Waals surface area (Å²) in [5, 5.41) is 1.63. The fourth-order valence-electron chi connectivity index (χ4n) is 2.68. The Morgan fingerprint density at radius 1 is 0.964 bits per heavy atom. The van der Waals surface area contributed by atoms with Crippen molar-refractivity contribution in [3.8, 4) is 11.5 Å². The monoisotopic (exact) mass is 401 g/mol. The molecule has 5 nitrogen and oxygen atoms in total. The van der Waals surface area contributed by atoms with Crippen LogP contribution in [0.15, 0.2) is 48.6 Å². The third-order valence-electron chi connectivity index (χ3n) is 4.19. The summed E-state index contributed by atoms with van der Waals surface area (Å²) in [6, 6.07) is 6.79. The van der Waals surface area contributed by atoms with E-state index < -0.39 is 11.9 Å². The number of ether oxygens (including phenoxy) is 2. The smallest absolute Gasteiger partial charge is 0.338 e. The number of benzene rings is 2. The molecule has 2 aromatic carbocycles. The minimum absolute atomic E-state index is 0.275. The van der Waals surface area contributed by atoms with E-state index in [0.717, 1.165) is 0 Å². The number of halogens is 1. The number of rotatable bonds is 7. The van der Waals surface area contributed by atoms with Crippen LogP contribution in [0.25, 0.3) is 10.8 Å². The van der Waals surface area contributed by atoms with Gasteiger partial charge in [-0.05, 0) is 45.9 Å². The molecule has 2 aromatic rings. The zero-order valence-corrected chi connectivity index (χ0v) is 17.4. The first kappa shape index (κ1) is 21.5. The molecule has 0 saturated heterocycles. The van der Waals surface area contributed by atoms with Gasteiger partial charge >= 0.3 is 11.9 Å². The van der Waals surface area contributed by atoms with Gasteiger partial charge in [-0.2, -0.15) is 0 Å². The molecule has 0 saturated carbocycles. The van der Waals surface area contributed by atoms with Crippen LogP contribution in [-0.4, -0.2) is 25.0 Å². The predicted molar refractivity (Wildman–Crippen MR) is 113 cm³/mol. The minimum atomic E-state index is -0.543. The number of hydrogen-bond acceptors (Lipinski definition) is 5. The Labute approximate surface area is 170 Å². The molecule has 0 aliphatic rings. The minimum Gasteiger partial charge on any atom is -0.422 e. The van der Waals surface area contributed by atoms with Gasteiger partial charge in [0.25, 0.3) is 0 Å². The van der Waals surface area contributed by atoms with Crippen molar-refractivity contribution in [1.29, 1.82) is 0 Å². The molecule has 0 aliphatic heterocycles. The molecule has 0 heterocycles. The molecule has 0 unspecified atom stereocenters. The zero-order valence-electron chi connectivity index (χ0n) is 16.6. The molecule has 0 fully saturated rings. The summed E-state index contributed by atoms with van der Waals surface area (Å²) >= 11 is 6.16. The van der Waals surface area contributed by atoms with Gasteiger partial charge in [0.2, 0.25) is 0 Å². The van der Waals surface area contributed by atoms with Gasteiger partial charge in [0.05, 0.1) is 5.69 Å². The van der Waals surface area contributed by atoms with E-state index in [2.05, 4.69) is 13.2 Å². The SMILES string of the molecule is C=C(C)C(=O)Oc1cc(N(CC)CC)c(OC(=O)C(=C)C)c2ccc(Cl)cc12. The van der Waals surface area contributed by atoms with Crippen LogP contribution in [0.3, 0.4) is 0 Å². The molecular formula is C22H24ClNO4. The average molecular weight is 402 g/mol. The van der Waals surface area contributed by atoms with Crippen LogP contribution in [0.4, 0.5) is 5.69 Å². The van der Waals surface area contributed by atoms with Crippen molar-refractivity contribution in [3.05, 3.63) is 53.6 Å². The van der Waals surface area contributed by atoms with Crippen molar-refractivity contribution in [3.63, 3.8) is 0 Å². The van der Waals surface area contributed by atoms with Crippen LogP contribution >= 0.6 is 11.6 Å². The molecule has 0 radical (unpaired) electrons. The second-order valence-electron chi connectivity index (χ2n) is 6.42. The van der Waals surface area contributed by atoms with Crippen LogP contribution in [0.5, 0.6) is 11.5 Å². The molecule has 0 amide bonds. The normalized spacial score (nSPS) is 10.5. The third kappa shape index (κ3) is 4.54. The molecule has 148 valence electrons. The number of fused-ring (bicyclic) bond motifs is 1. The maximum atomic E-state index is 12.3. The first-order chi connectivity index (χ1) is 13.2. The van der Waals surface area contributed by atoms with E-state index in [1.165, 1.54) is 0 Å². The summed E-state index contributed by atoms with van der Waals surface area (Å²) in [7, 11) is 0. The maximum absolute atomic E-state index is 12.3. The molecule has 6 heteroatoms. The standard InChI is InChI=1S/C22H24ClNO4/c1-7-24(8-2)18-12-19(27-21(25)13(3)4)17-11-15(23)9-10-16(17)20(18)28-22(26)14(5)6/h9-12H,3,5,7-8H2,1-2,4,6H3. The molecule has 0 aliphatic carbocycles. The second-order valence-corrected chi connectivity index (χ2v) is 6.86. The highest BCUT2D eigenvalue weighted by Crippen LogP contribution is 2.43. The summed E-state index contributed by atoms with van der Waals surface area (Å²) in [5.41, 5.74) is 1.20. The molecule has 0 N–H and O–H groups in total. The Hall–Kier alpha value is -2.79. The average Bonchev–Trinajstić information content (AvgIpc) is 2.64. The van der Waals surface area contributed by atoms with Gasteiger partial charge in [-0.3, -0.25) is 0 Å². The van der Waals surface area contributed by atoms with Crippen molar-refractivity contribution in [2.75, 3.05) is 18.0 Å². The summed E-state index contributed by atoms with van der Waals surface area (Å²) in [6.07, 6.45) is 0. The molecular weight excluding hydrogens is 378 g/mol. The molecule has 0 spiro atoms. The van der Waals surface area contributed by atoms with Gasteiger partial charge in [0.1, 0.15) is 5.75 Å². The number of carbonyl (C=O) groups excluding carboxylic acids is 2. The maximum Gasteiger partial charge on any atom is 0.338 e. The first-order valence-corrected chi connectivity index (χ1v) is 9.33. The van der Waals surface area contributed by atoms with Gasteiger partial charge in [0, 0.05) is 46.1 Å². The highest BCUT2D eigenvalue weighted by atomic mass is 35.5. The Morgan fingerprint density at radius 2 is 1.54 bits per heavy atom. The van der Waals surface area contributed by atoms with Crippen LogP contribution in [0, 0.1) is 0 Å². The molecule has 0 bridgehead atoms. The number of carbonyl (C=O) groups is 2. The summed E-state index contributed by atoms with van der Waals surface area (Å²) in [5.74, 6) is -0.379. The van der Waals surface area contributed by atoms with Gasteiger partial charge in [-0.1, -0.05) is 24.8 Å². The van der Waals surface area contributed by atoms with Gasteiger partial charge in [0.15, 0.2) is 5.75 Å². The van der Waals surface area contributed by atoms with E-state index in [9.17, 15) is 9.59 Å². The fraction of sp³-hybridized carbons (Fsp3) is 0.273. The number of hydrogen-bond donors (Lipinski definition) is 0. The van der Waals surface area contributed by atoms with E-state index in [4.69, 9.17) is 21.1 Å². The van der Waals surface area contributed by atoms with E-state index in [0.29, 0.717) is 46.1 Å². The number of esters is 2. The highest BCUT2D eigenvalue weighted by Gasteiger charge is 2.22. The van der Waals surface area contributed by atoms with Crippen molar-refractivity contribution in [2.24, 2.45) is 0 Å². The zero-order chi connectivity index (χ0) is 21.0. The number of nitrogens with zero attached hydrogens (tertiary/aromatic N) is 1. The van der Waals surface area contributed by atoms with Crippen molar-refractivity contribution in [1.82, 2.24) is 0 Å². The van der Waals surface area contributed by atoms with Gasteiger partial charge < -0.3 is 14.4 Å². The lowest BCUT2D eigenvalue weighted by Gasteiger charge is -2.25. The number of anilines is 1. The topological polar surface area (TPSA) is 55.8 Å². The van der Waals surface area contributed by atoms with Crippen LogP contribution in [0.2, 0.25) is 5.02 Å². The summed E-state index contributed by atoms with van der Waals surface area (Å²) in [4.78, 5) is 26.4. The molecule has 0 aromatic heterocycles. The first-order valence-electron chi connectivity index (χ1n) is 8.96. The van der Waals surface area contributed by atoms with Gasteiger partial charge in [-0.25, -0.2) is 9.59 Å². The van der Waals surface area contributed by atoms with Gasteiger partial charge in [-0.15, -0.1) is 0 Å². The summed E-state index contributed by atoms with van der Waals surface area (Å²) in [6.45, 7) is 15.7. The molecule has 0 atom stereocenters. The fourth-order valence-corrected chi connectivity index (χ4v) is 2.85. The van der Waals surface area contributed by atoms with Crippen molar-refractivity contribution < 1.29 is 19.1 Å². The lowest BCUT2D eigenvalue weighted by atomic mass is 10.1. The van der Waals surface area contributed by atoms with Crippen LogP contribution < -0.4 is 14.4 Å². The lowest BCUT2D eigenvalue weighted by molar-refractivity contribution is -0.131. The van der Waals surface area contributed by atoms with E-state index in [1.807, 2.05) is 18.7 Å². The Kier molecular flexibility index (Phi) is 6.86. The summed E-state index contributed by atoms with van der Waals surface area (Å²) < 4.78 is 11.2. The Morgan fingerprint density at radius 3 is 2.07 bits per heavy atom. The van der Waals surface area contributed by atoms with E-state index in [1.54, 1.807) is 38.1 Å². The van der Waals surface area contributed by atoms with E-state index in [-0.39, 0.29) is 11.1 Å². The molecule has 2 rings (SSSR count). The van der Waals surface area contributed by atoms with Crippen LogP contribution in [-0.2, 0) is 9.59 Å². The van der Waals surface area contributed by atoms with Crippen LogP contribution in [0.1, 0.15) is 27.7 Å². The van der Waals surface area contributed by atoms with E-state index >= 15 is 0 Å².